The van der Waals surface area contributed by atoms with Crippen LogP contribution in [0, 0.1) is 5.41 Å². The number of carbonyl (C=O) groups is 1. The van der Waals surface area contributed by atoms with Crippen LogP contribution in [0.15, 0.2) is 41.3 Å². The second-order valence-electron chi connectivity index (χ2n) is 6.33. The van der Waals surface area contributed by atoms with E-state index >= 15 is 0 Å². The largest absolute Gasteiger partial charge is 0.481 e. The van der Waals surface area contributed by atoms with Gasteiger partial charge < -0.3 is 10.0 Å². The van der Waals surface area contributed by atoms with Gasteiger partial charge in [-0.2, -0.15) is 5.10 Å². The first-order valence-corrected chi connectivity index (χ1v) is 8.06. The number of halogens is 1. The number of nitrogens with zero attached hydrogens (tertiary/aromatic N) is 3. The van der Waals surface area contributed by atoms with E-state index in [0.717, 1.165) is 5.56 Å². The maximum atomic E-state index is 12.5. The number of hydrogen-bond donors (Lipinski definition) is 1. The average Bonchev–Trinajstić information content (AvgIpc) is 2.97. The Morgan fingerprint density at radius 3 is 2.71 bits per heavy atom. The normalized spacial score (nSPS) is 20.3. The summed E-state index contributed by atoms with van der Waals surface area (Å²) in [6, 6.07) is 9.52. The summed E-state index contributed by atoms with van der Waals surface area (Å²) in [7, 11) is 0. The number of rotatable bonds is 4. The SMILES string of the molecule is CC1(C(=O)O)CCN(c2cnn(Cc3ccccc3)c(=O)c2Cl)C1. The summed E-state index contributed by atoms with van der Waals surface area (Å²) in [5.74, 6) is -0.841. The summed E-state index contributed by atoms with van der Waals surface area (Å²) in [5.41, 5.74) is 0.246. The molecule has 2 heterocycles. The summed E-state index contributed by atoms with van der Waals surface area (Å²) in [5, 5.41) is 13.6. The van der Waals surface area contributed by atoms with E-state index in [4.69, 9.17) is 11.6 Å². The Hall–Kier alpha value is -2.34. The number of hydrogen-bond acceptors (Lipinski definition) is 4. The van der Waals surface area contributed by atoms with Crippen molar-refractivity contribution in [3.8, 4) is 0 Å². The van der Waals surface area contributed by atoms with Gasteiger partial charge in [-0.3, -0.25) is 9.59 Å². The van der Waals surface area contributed by atoms with Crippen molar-refractivity contribution < 1.29 is 9.90 Å². The van der Waals surface area contributed by atoms with E-state index in [0.29, 0.717) is 31.7 Å². The maximum absolute atomic E-state index is 12.5. The molecular formula is C17H18ClN3O3. The molecule has 1 saturated heterocycles. The highest BCUT2D eigenvalue weighted by atomic mass is 35.5. The fourth-order valence-corrected chi connectivity index (χ4v) is 3.15. The molecule has 1 aliphatic heterocycles. The maximum Gasteiger partial charge on any atom is 0.311 e. The van der Waals surface area contributed by atoms with E-state index in [1.165, 1.54) is 4.68 Å². The number of anilines is 1. The van der Waals surface area contributed by atoms with Gasteiger partial charge in [0.1, 0.15) is 5.02 Å². The zero-order chi connectivity index (χ0) is 17.3. The van der Waals surface area contributed by atoms with E-state index < -0.39 is 11.4 Å². The van der Waals surface area contributed by atoms with Crippen molar-refractivity contribution in [1.82, 2.24) is 9.78 Å². The smallest absolute Gasteiger partial charge is 0.311 e. The molecule has 1 aromatic carbocycles. The Morgan fingerprint density at radius 2 is 2.08 bits per heavy atom. The average molecular weight is 348 g/mol. The molecule has 0 aliphatic carbocycles. The topological polar surface area (TPSA) is 75.4 Å². The monoisotopic (exact) mass is 347 g/mol. The van der Waals surface area contributed by atoms with Crippen LogP contribution in [-0.2, 0) is 11.3 Å². The van der Waals surface area contributed by atoms with Crippen LogP contribution in [0.3, 0.4) is 0 Å². The number of benzene rings is 1. The van der Waals surface area contributed by atoms with Crippen molar-refractivity contribution in [3.05, 3.63) is 57.5 Å². The molecule has 1 aliphatic rings. The minimum Gasteiger partial charge on any atom is -0.481 e. The van der Waals surface area contributed by atoms with Gasteiger partial charge in [-0.05, 0) is 18.9 Å². The van der Waals surface area contributed by atoms with Crippen LogP contribution in [0.1, 0.15) is 18.9 Å². The van der Waals surface area contributed by atoms with Crippen LogP contribution in [0.25, 0.3) is 0 Å². The van der Waals surface area contributed by atoms with Gasteiger partial charge in [0.25, 0.3) is 5.56 Å². The molecule has 3 rings (SSSR count). The van der Waals surface area contributed by atoms with Crippen LogP contribution in [0.5, 0.6) is 0 Å². The number of aromatic nitrogens is 2. The first-order valence-electron chi connectivity index (χ1n) is 7.68. The Kier molecular flexibility index (Phi) is 4.32. The molecule has 126 valence electrons. The Bertz CT molecular complexity index is 822. The van der Waals surface area contributed by atoms with Gasteiger partial charge in [0.15, 0.2) is 0 Å². The highest BCUT2D eigenvalue weighted by Gasteiger charge is 2.41. The minimum absolute atomic E-state index is 0.0792. The number of carboxylic acids is 1. The van der Waals surface area contributed by atoms with E-state index in [9.17, 15) is 14.7 Å². The van der Waals surface area contributed by atoms with E-state index in [1.54, 1.807) is 13.1 Å². The third kappa shape index (κ3) is 3.01. The molecule has 6 nitrogen and oxygen atoms in total. The zero-order valence-electron chi connectivity index (χ0n) is 13.3. The van der Waals surface area contributed by atoms with Crippen molar-refractivity contribution >= 4 is 23.3 Å². The molecule has 24 heavy (non-hydrogen) atoms. The van der Waals surface area contributed by atoms with Gasteiger partial charge in [0, 0.05) is 13.1 Å². The van der Waals surface area contributed by atoms with Gasteiger partial charge in [-0.15, -0.1) is 0 Å². The van der Waals surface area contributed by atoms with Crippen molar-refractivity contribution in [2.24, 2.45) is 5.41 Å². The van der Waals surface area contributed by atoms with E-state index in [2.05, 4.69) is 5.10 Å². The molecule has 1 aromatic heterocycles. The fraction of sp³-hybridized carbons (Fsp3) is 0.353. The molecule has 0 spiro atoms. The molecule has 1 fully saturated rings. The van der Waals surface area contributed by atoms with Crippen LogP contribution in [0.2, 0.25) is 5.02 Å². The van der Waals surface area contributed by atoms with Gasteiger partial charge in [0.2, 0.25) is 0 Å². The predicted octanol–water partition coefficient (Wildman–Crippen LogP) is 2.25. The number of carboxylic acid groups (broad SMARTS) is 1. The highest BCUT2D eigenvalue weighted by Crippen LogP contribution is 2.35. The Morgan fingerprint density at radius 1 is 1.38 bits per heavy atom. The predicted molar refractivity (Wildman–Crippen MR) is 91.6 cm³/mol. The van der Waals surface area contributed by atoms with Crippen LogP contribution in [0.4, 0.5) is 5.69 Å². The minimum atomic E-state index is -0.841. The second kappa shape index (κ2) is 6.28. The van der Waals surface area contributed by atoms with Crippen molar-refractivity contribution in [2.75, 3.05) is 18.0 Å². The molecular weight excluding hydrogens is 330 g/mol. The van der Waals surface area contributed by atoms with Gasteiger partial charge in [-0.25, -0.2) is 4.68 Å². The first-order chi connectivity index (χ1) is 11.4. The molecule has 2 aromatic rings. The Balaban J connectivity index is 1.86. The van der Waals surface area contributed by atoms with E-state index in [1.807, 2.05) is 35.2 Å². The van der Waals surface area contributed by atoms with Crippen molar-refractivity contribution in [1.29, 1.82) is 0 Å². The molecule has 0 amide bonds. The standard InChI is InChI=1S/C17H18ClN3O3/c1-17(16(23)24)7-8-20(11-17)13-9-19-21(15(22)14(13)18)10-12-5-3-2-4-6-12/h2-6,9H,7-8,10-11H2,1H3,(H,23,24). The quantitative estimate of drug-likeness (QED) is 0.918. The third-order valence-corrected chi connectivity index (χ3v) is 4.83. The van der Waals surface area contributed by atoms with E-state index in [-0.39, 0.29) is 10.6 Å². The highest BCUT2D eigenvalue weighted by molar-refractivity contribution is 6.33. The van der Waals surface area contributed by atoms with Gasteiger partial charge >= 0.3 is 5.97 Å². The van der Waals surface area contributed by atoms with Crippen LogP contribution < -0.4 is 10.5 Å². The summed E-state index contributed by atoms with van der Waals surface area (Å²) >= 11 is 6.25. The van der Waals surface area contributed by atoms with Crippen molar-refractivity contribution in [3.63, 3.8) is 0 Å². The lowest BCUT2D eigenvalue weighted by Crippen LogP contribution is -2.33. The summed E-state index contributed by atoms with van der Waals surface area (Å²) < 4.78 is 1.31. The molecule has 1 N–H and O–H groups in total. The molecule has 7 heteroatoms. The number of aliphatic carboxylic acids is 1. The van der Waals surface area contributed by atoms with Crippen LogP contribution in [-0.4, -0.2) is 33.9 Å². The third-order valence-electron chi connectivity index (χ3n) is 4.47. The lowest BCUT2D eigenvalue weighted by atomic mass is 9.90. The van der Waals surface area contributed by atoms with Crippen molar-refractivity contribution in [2.45, 2.75) is 19.9 Å². The molecule has 1 unspecified atom stereocenters. The fourth-order valence-electron chi connectivity index (χ4n) is 2.89. The van der Waals surface area contributed by atoms with Gasteiger partial charge in [0.05, 0.1) is 23.8 Å². The lowest BCUT2D eigenvalue weighted by molar-refractivity contribution is -0.146. The molecule has 1 atom stereocenters. The molecule has 0 bridgehead atoms. The van der Waals surface area contributed by atoms with Crippen LogP contribution >= 0.6 is 11.6 Å². The summed E-state index contributed by atoms with van der Waals surface area (Å²) in [6.45, 7) is 2.89. The molecule has 0 radical (unpaired) electrons. The molecule has 0 saturated carbocycles. The first kappa shape index (κ1) is 16.5. The summed E-state index contributed by atoms with van der Waals surface area (Å²) in [4.78, 5) is 25.7. The summed E-state index contributed by atoms with van der Waals surface area (Å²) in [6.07, 6.45) is 2.05. The second-order valence-corrected chi connectivity index (χ2v) is 6.71. The van der Waals surface area contributed by atoms with Gasteiger partial charge in [-0.1, -0.05) is 41.9 Å². The Labute approximate surface area is 144 Å². The zero-order valence-corrected chi connectivity index (χ0v) is 14.0. The lowest BCUT2D eigenvalue weighted by Gasteiger charge is -2.22.